The van der Waals surface area contributed by atoms with Crippen LogP contribution < -0.4 is 11.1 Å². The van der Waals surface area contributed by atoms with Gasteiger partial charge in [-0.25, -0.2) is 0 Å². The van der Waals surface area contributed by atoms with Gasteiger partial charge in [-0.3, -0.25) is 9.48 Å². The first kappa shape index (κ1) is 15.5. The molecule has 1 heterocycles. The van der Waals surface area contributed by atoms with Gasteiger partial charge in [0.15, 0.2) is 0 Å². The minimum absolute atomic E-state index is 0.0280. The Morgan fingerprint density at radius 1 is 1.41 bits per heavy atom. The Bertz CT molecular complexity index is 570. The lowest BCUT2D eigenvalue weighted by atomic mass is 9.84. The molecular weight excluding hydrogens is 276 g/mol. The fourth-order valence-corrected chi connectivity index (χ4v) is 4.21. The van der Waals surface area contributed by atoms with E-state index in [1.807, 2.05) is 13.1 Å². The normalized spacial score (nSPS) is 30.8. The zero-order valence-electron chi connectivity index (χ0n) is 14.1. The Balaban J connectivity index is 1.69. The molecule has 0 aromatic carbocycles. The van der Waals surface area contributed by atoms with Crippen LogP contribution in [0.1, 0.15) is 45.7 Å². The fourth-order valence-electron chi connectivity index (χ4n) is 4.21. The van der Waals surface area contributed by atoms with Gasteiger partial charge in [-0.05, 0) is 42.9 Å². The maximum Gasteiger partial charge on any atom is 0.230 e. The quantitative estimate of drug-likeness (QED) is 0.900. The van der Waals surface area contributed by atoms with Crippen molar-refractivity contribution in [2.75, 3.05) is 5.32 Å². The van der Waals surface area contributed by atoms with Crippen molar-refractivity contribution in [2.45, 2.75) is 52.5 Å². The second-order valence-electron chi connectivity index (χ2n) is 8.31. The zero-order valence-corrected chi connectivity index (χ0v) is 14.1. The molecule has 2 fully saturated rings. The number of aromatic nitrogens is 2. The van der Waals surface area contributed by atoms with Crippen LogP contribution in [0.4, 0.5) is 5.82 Å². The Kier molecular flexibility index (Phi) is 3.79. The smallest absolute Gasteiger partial charge is 0.230 e. The summed E-state index contributed by atoms with van der Waals surface area (Å²) in [6, 6.07) is 2.02. The van der Waals surface area contributed by atoms with Gasteiger partial charge in [0.25, 0.3) is 0 Å². The van der Waals surface area contributed by atoms with E-state index in [0.29, 0.717) is 11.8 Å². The number of fused-ring (bicyclic) bond motifs is 2. The number of carbonyl (C=O) groups excluding carboxylic acids is 1. The van der Waals surface area contributed by atoms with Gasteiger partial charge in [0, 0.05) is 19.2 Å². The summed E-state index contributed by atoms with van der Waals surface area (Å²) < 4.78 is 1.76. The van der Waals surface area contributed by atoms with Gasteiger partial charge in [0.1, 0.15) is 5.82 Å². The molecule has 0 spiro atoms. The summed E-state index contributed by atoms with van der Waals surface area (Å²) in [5.74, 6) is 1.84. The van der Waals surface area contributed by atoms with Crippen LogP contribution in [0.2, 0.25) is 0 Å². The van der Waals surface area contributed by atoms with Gasteiger partial charge >= 0.3 is 0 Å². The molecule has 4 atom stereocenters. The first-order valence-corrected chi connectivity index (χ1v) is 8.34. The average Bonchev–Trinajstić information content (AvgIpc) is 3.03. The van der Waals surface area contributed by atoms with Crippen molar-refractivity contribution in [3.8, 4) is 0 Å². The van der Waals surface area contributed by atoms with Crippen molar-refractivity contribution in [1.29, 1.82) is 0 Å². The molecule has 1 aromatic rings. The van der Waals surface area contributed by atoms with Gasteiger partial charge < -0.3 is 11.1 Å². The van der Waals surface area contributed by atoms with Crippen molar-refractivity contribution in [3.05, 3.63) is 11.8 Å². The van der Waals surface area contributed by atoms with Crippen LogP contribution in [-0.4, -0.2) is 21.7 Å². The third-order valence-electron chi connectivity index (χ3n) is 5.18. The number of carbonyl (C=O) groups is 1. The minimum Gasteiger partial charge on any atom is -0.327 e. The molecule has 5 nitrogen and oxygen atoms in total. The zero-order chi connectivity index (χ0) is 16.1. The predicted octanol–water partition coefficient (Wildman–Crippen LogP) is 2.32. The van der Waals surface area contributed by atoms with E-state index in [0.717, 1.165) is 30.8 Å². The molecule has 1 amide bonds. The molecule has 22 heavy (non-hydrogen) atoms. The highest BCUT2D eigenvalue weighted by atomic mass is 16.2. The van der Waals surface area contributed by atoms with Gasteiger partial charge in [-0.1, -0.05) is 20.8 Å². The number of anilines is 1. The summed E-state index contributed by atoms with van der Waals surface area (Å²) in [6.45, 7) is 6.57. The minimum atomic E-state index is -0.0280. The summed E-state index contributed by atoms with van der Waals surface area (Å²) in [4.78, 5) is 12.6. The maximum absolute atomic E-state index is 12.6. The number of aryl methyl sites for hydroxylation is 1. The molecule has 0 radical (unpaired) electrons. The van der Waals surface area contributed by atoms with Crippen LogP contribution in [0.3, 0.4) is 0 Å². The number of nitrogens with one attached hydrogen (secondary N) is 1. The van der Waals surface area contributed by atoms with E-state index in [1.165, 1.54) is 6.42 Å². The lowest BCUT2D eigenvalue weighted by Crippen LogP contribution is -2.42. The summed E-state index contributed by atoms with van der Waals surface area (Å²) in [5, 5.41) is 7.57. The van der Waals surface area contributed by atoms with Gasteiger partial charge in [-0.15, -0.1) is 0 Å². The molecule has 3 N–H and O–H groups in total. The molecule has 2 aliphatic rings. The highest BCUT2D eigenvalue weighted by molar-refractivity contribution is 5.93. The van der Waals surface area contributed by atoms with E-state index in [-0.39, 0.29) is 23.3 Å². The summed E-state index contributed by atoms with van der Waals surface area (Å²) >= 11 is 0. The molecule has 2 bridgehead atoms. The largest absolute Gasteiger partial charge is 0.327 e. The van der Waals surface area contributed by atoms with Gasteiger partial charge in [0.2, 0.25) is 5.91 Å². The molecule has 4 unspecified atom stereocenters. The number of nitrogens with two attached hydrogens (primary N) is 1. The predicted molar refractivity (Wildman–Crippen MR) is 87.3 cm³/mol. The lowest BCUT2D eigenvalue weighted by molar-refractivity contribution is -0.121. The van der Waals surface area contributed by atoms with Crippen LogP contribution in [0, 0.1) is 23.2 Å². The summed E-state index contributed by atoms with van der Waals surface area (Å²) in [7, 11) is 1.88. The number of hydrogen-bond acceptors (Lipinski definition) is 3. The van der Waals surface area contributed by atoms with E-state index in [2.05, 4.69) is 31.2 Å². The number of nitrogens with zero attached hydrogens (tertiary/aromatic N) is 2. The second-order valence-corrected chi connectivity index (χ2v) is 8.31. The Hall–Kier alpha value is -1.36. The average molecular weight is 304 g/mol. The summed E-state index contributed by atoms with van der Waals surface area (Å²) in [5.41, 5.74) is 7.46. The van der Waals surface area contributed by atoms with Crippen LogP contribution in [0.5, 0.6) is 0 Å². The molecule has 0 saturated heterocycles. The lowest BCUT2D eigenvalue weighted by Gasteiger charge is -2.26. The van der Waals surface area contributed by atoms with Crippen LogP contribution in [-0.2, 0) is 18.3 Å². The van der Waals surface area contributed by atoms with E-state index < -0.39 is 0 Å². The van der Waals surface area contributed by atoms with Crippen LogP contribution in [0.15, 0.2) is 6.07 Å². The van der Waals surface area contributed by atoms with Gasteiger partial charge in [-0.2, -0.15) is 5.10 Å². The number of rotatable bonds is 3. The van der Waals surface area contributed by atoms with Crippen LogP contribution in [0.25, 0.3) is 0 Å². The molecule has 2 aliphatic carbocycles. The SMILES string of the molecule is Cn1nc(CC(C)(C)C)cc1NC(=O)C1C2CCC(C2)C1N. The van der Waals surface area contributed by atoms with E-state index >= 15 is 0 Å². The molecule has 5 heteroatoms. The maximum atomic E-state index is 12.6. The Morgan fingerprint density at radius 2 is 2.09 bits per heavy atom. The molecule has 3 rings (SSSR count). The highest BCUT2D eigenvalue weighted by Gasteiger charge is 2.49. The molecular formula is C17H28N4O. The van der Waals surface area contributed by atoms with Crippen LogP contribution >= 0.6 is 0 Å². The monoisotopic (exact) mass is 304 g/mol. The van der Waals surface area contributed by atoms with E-state index in [9.17, 15) is 4.79 Å². The third-order valence-corrected chi connectivity index (χ3v) is 5.18. The standard InChI is InChI=1S/C17H28N4O/c1-17(2,3)9-12-8-13(21(4)20-12)19-16(22)14-10-5-6-11(7-10)15(14)18/h8,10-11,14-15H,5-7,9,18H2,1-4H3,(H,19,22). The Morgan fingerprint density at radius 3 is 2.68 bits per heavy atom. The molecule has 1 aromatic heterocycles. The number of amides is 1. The van der Waals surface area contributed by atoms with Crippen molar-refractivity contribution in [1.82, 2.24) is 9.78 Å². The number of hydrogen-bond donors (Lipinski definition) is 2. The highest BCUT2D eigenvalue weighted by Crippen LogP contribution is 2.47. The summed E-state index contributed by atoms with van der Waals surface area (Å²) in [6.07, 6.45) is 4.36. The first-order valence-electron chi connectivity index (χ1n) is 8.34. The molecule has 2 saturated carbocycles. The van der Waals surface area contributed by atoms with E-state index in [4.69, 9.17) is 5.73 Å². The van der Waals surface area contributed by atoms with Crippen molar-refractivity contribution >= 4 is 11.7 Å². The topological polar surface area (TPSA) is 72.9 Å². The van der Waals surface area contributed by atoms with Crippen molar-refractivity contribution in [3.63, 3.8) is 0 Å². The molecule has 0 aliphatic heterocycles. The molecule has 122 valence electrons. The third kappa shape index (κ3) is 2.91. The van der Waals surface area contributed by atoms with Crippen molar-refractivity contribution < 1.29 is 4.79 Å². The Labute approximate surface area is 132 Å². The fraction of sp³-hybridized carbons (Fsp3) is 0.765. The van der Waals surface area contributed by atoms with Gasteiger partial charge in [0.05, 0.1) is 11.6 Å². The second kappa shape index (κ2) is 5.37. The first-order chi connectivity index (χ1) is 10.2. The van der Waals surface area contributed by atoms with Crippen molar-refractivity contribution in [2.24, 2.45) is 36.0 Å². The van der Waals surface area contributed by atoms with E-state index in [1.54, 1.807) is 4.68 Å².